The fourth-order valence-electron chi connectivity index (χ4n) is 3.69. The fourth-order valence-corrected chi connectivity index (χ4v) is 3.69. The Bertz CT molecular complexity index is 1170. The second-order valence-corrected chi connectivity index (χ2v) is 7.49. The van der Waals surface area contributed by atoms with Gasteiger partial charge in [0.05, 0.1) is 36.6 Å². The fraction of sp³-hybridized carbons (Fsp3) is 0.240. The van der Waals surface area contributed by atoms with Crippen molar-refractivity contribution in [1.82, 2.24) is 10.6 Å². The molecule has 0 saturated heterocycles. The van der Waals surface area contributed by atoms with Crippen LogP contribution in [0.15, 0.2) is 65.4 Å². The van der Waals surface area contributed by atoms with Crippen LogP contribution in [0.2, 0.25) is 0 Å². The zero-order valence-corrected chi connectivity index (χ0v) is 18.8. The van der Waals surface area contributed by atoms with Crippen molar-refractivity contribution in [3.8, 4) is 11.5 Å². The molecule has 0 spiro atoms. The Hall–Kier alpha value is -4.27. The van der Waals surface area contributed by atoms with Crippen LogP contribution in [0.25, 0.3) is 6.08 Å². The maximum Gasteiger partial charge on any atom is 0.338 e. The summed E-state index contributed by atoms with van der Waals surface area (Å²) in [5.74, 6) is 0.0682. The number of carbonyl (C=O) groups excluding carboxylic acids is 3. The third-order valence-corrected chi connectivity index (χ3v) is 5.34. The van der Waals surface area contributed by atoms with Crippen molar-refractivity contribution in [2.75, 3.05) is 26.9 Å². The number of urea groups is 1. The van der Waals surface area contributed by atoms with E-state index in [4.69, 9.17) is 18.9 Å². The second kappa shape index (κ2) is 10.1. The first kappa shape index (κ1) is 22.9. The molecule has 2 aromatic carbocycles. The summed E-state index contributed by atoms with van der Waals surface area (Å²) in [5, 5.41) is 5.31. The molecule has 1 atom stereocenters. The number of para-hydroxylation sites is 1. The molecular formula is C25H24N2O7. The SMILES string of the molecule is CCOC(=O)C1=C(COC(=O)C2=Cc3ccccc3OC2)NC(=O)NC1c1ccc(OC)cc1. The number of benzene rings is 2. The van der Waals surface area contributed by atoms with Gasteiger partial charge >= 0.3 is 18.0 Å². The number of nitrogens with one attached hydrogen (secondary N) is 2. The topological polar surface area (TPSA) is 112 Å². The lowest BCUT2D eigenvalue weighted by Crippen LogP contribution is -2.47. The smallest absolute Gasteiger partial charge is 0.338 e. The predicted molar refractivity (Wildman–Crippen MR) is 122 cm³/mol. The number of rotatable bonds is 7. The van der Waals surface area contributed by atoms with Crippen LogP contribution in [-0.2, 0) is 19.1 Å². The highest BCUT2D eigenvalue weighted by atomic mass is 16.5. The minimum atomic E-state index is -0.795. The van der Waals surface area contributed by atoms with Gasteiger partial charge < -0.3 is 29.6 Å². The lowest BCUT2D eigenvalue weighted by atomic mass is 9.95. The van der Waals surface area contributed by atoms with Crippen molar-refractivity contribution in [3.05, 3.63) is 76.5 Å². The standard InChI is InChI=1S/C25H24N2O7/c1-3-32-24(29)21-19(26-25(30)27-22(21)15-8-10-18(31-2)11-9-15)14-34-23(28)17-12-16-6-4-5-7-20(16)33-13-17/h4-12,22H,3,13-14H2,1-2H3,(H2,26,27,30). The van der Waals surface area contributed by atoms with Crippen LogP contribution in [0, 0.1) is 0 Å². The maximum atomic E-state index is 12.8. The molecule has 0 fully saturated rings. The van der Waals surface area contributed by atoms with Gasteiger partial charge in [0.25, 0.3) is 0 Å². The zero-order valence-electron chi connectivity index (χ0n) is 18.8. The van der Waals surface area contributed by atoms with E-state index in [0.717, 1.165) is 5.56 Å². The molecule has 2 aromatic rings. The quantitative estimate of drug-likeness (QED) is 0.606. The summed E-state index contributed by atoms with van der Waals surface area (Å²) in [6.07, 6.45) is 1.70. The van der Waals surface area contributed by atoms with Crippen LogP contribution in [0.4, 0.5) is 4.79 Å². The van der Waals surface area contributed by atoms with Crippen LogP contribution < -0.4 is 20.1 Å². The van der Waals surface area contributed by atoms with Crippen molar-refractivity contribution in [2.45, 2.75) is 13.0 Å². The highest BCUT2D eigenvalue weighted by Crippen LogP contribution is 2.30. The van der Waals surface area contributed by atoms with E-state index in [1.807, 2.05) is 24.3 Å². The maximum absolute atomic E-state index is 12.8. The molecule has 0 saturated carbocycles. The van der Waals surface area contributed by atoms with E-state index >= 15 is 0 Å². The van der Waals surface area contributed by atoms with Crippen molar-refractivity contribution in [1.29, 1.82) is 0 Å². The first-order valence-corrected chi connectivity index (χ1v) is 10.7. The molecule has 2 N–H and O–H groups in total. The molecule has 2 heterocycles. The summed E-state index contributed by atoms with van der Waals surface area (Å²) in [6, 6.07) is 12.9. The van der Waals surface area contributed by atoms with E-state index in [2.05, 4.69) is 10.6 Å². The highest BCUT2D eigenvalue weighted by molar-refractivity contribution is 5.97. The number of amides is 2. The van der Waals surface area contributed by atoms with Gasteiger partial charge in [-0.05, 0) is 36.8 Å². The Balaban J connectivity index is 1.60. The lowest BCUT2D eigenvalue weighted by Gasteiger charge is -2.29. The molecule has 0 aromatic heterocycles. The Labute approximate surface area is 196 Å². The molecule has 0 bridgehead atoms. The van der Waals surface area contributed by atoms with E-state index in [1.165, 1.54) is 0 Å². The van der Waals surface area contributed by atoms with Crippen LogP contribution in [-0.4, -0.2) is 44.9 Å². The average Bonchev–Trinajstić information content (AvgIpc) is 2.86. The van der Waals surface area contributed by atoms with Gasteiger partial charge in [-0.2, -0.15) is 0 Å². The Morgan fingerprint density at radius 2 is 1.82 bits per heavy atom. The van der Waals surface area contributed by atoms with Crippen molar-refractivity contribution in [2.24, 2.45) is 0 Å². The molecule has 2 aliphatic heterocycles. The zero-order chi connectivity index (χ0) is 24.1. The van der Waals surface area contributed by atoms with Gasteiger partial charge in [-0.25, -0.2) is 14.4 Å². The minimum absolute atomic E-state index is 0.0576. The summed E-state index contributed by atoms with van der Waals surface area (Å²) < 4.78 is 21.5. The van der Waals surface area contributed by atoms with Gasteiger partial charge in [0, 0.05) is 5.56 Å². The Kier molecular flexibility index (Phi) is 6.82. The molecular weight excluding hydrogens is 440 g/mol. The molecule has 9 heteroatoms. The van der Waals surface area contributed by atoms with Crippen LogP contribution in [0.3, 0.4) is 0 Å². The number of hydrogen-bond acceptors (Lipinski definition) is 7. The van der Waals surface area contributed by atoms with E-state index in [9.17, 15) is 14.4 Å². The monoisotopic (exact) mass is 464 g/mol. The minimum Gasteiger partial charge on any atom is -0.497 e. The first-order chi connectivity index (χ1) is 16.5. The van der Waals surface area contributed by atoms with Crippen molar-refractivity contribution < 1.29 is 33.3 Å². The summed E-state index contributed by atoms with van der Waals surface area (Å²) >= 11 is 0. The van der Waals surface area contributed by atoms with E-state index in [1.54, 1.807) is 44.4 Å². The van der Waals surface area contributed by atoms with Crippen LogP contribution in [0.1, 0.15) is 24.1 Å². The predicted octanol–water partition coefficient (Wildman–Crippen LogP) is 2.89. The molecule has 1 unspecified atom stereocenters. The van der Waals surface area contributed by atoms with Crippen molar-refractivity contribution >= 4 is 24.0 Å². The molecule has 9 nitrogen and oxygen atoms in total. The molecule has 2 aliphatic rings. The third-order valence-electron chi connectivity index (χ3n) is 5.34. The largest absolute Gasteiger partial charge is 0.497 e. The van der Waals surface area contributed by atoms with E-state index in [0.29, 0.717) is 22.6 Å². The van der Waals surface area contributed by atoms with Gasteiger partial charge in [0.15, 0.2) is 0 Å². The molecule has 34 heavy (non-hydrogen) atoms. The summed E-state index contributed by atoms with van der Waals surface area (Å²) in [4.78, 5) is 37.9. The molecule has 176 valence electrons. The van der Waals surface area contributed by atoms with Crippen LogP contribution >= 0.6 is 0 Å². The third kappa shape index (κ3) is 4.88. The number of ether oxygens (including phenoxy) is 4. The molecule has 0 radical (unpaired) electrons. The Morgan fingerprint density at radius 3 is 2.56 bits per heavy atom. The van der Waals surface area contributed by atoms with Gasteiger partial charge in [-0.15, -0.1) is 0 Å². The normalized spacial score (nSPS) is 16.8. The molecule has 2 amide bonds. The number of esters is 2. The van der Waals surface area contributed by atoms with Gasteiger partial charge in [-0.3, -0.25) is 0 Å². The number of carbonyl (C=O) groups is 3. The van der Waals surface area contributed by atoms with E-state index < -0.39 is 24.0 Å². The molecule has 0 aliphatic carbocycles. The van der Waals surface area contributed by atoms with E-state index in [-0.39, 0.29) is 31.1 Å². The lowest BCUT2D eigenvalue weighted by molar-refractivity contribution is -0.141. The Morgan fingerprint density at radius 1 is 1.06 bits per heavy atom. The summed E-state index contributed by atoms with van der Waals surface area (Å²) in [7, 11) is 1.54. The number of hydrogen-bond donors (Lipinski definition) is 2. The number of methoxy groups -OCH3 is 1. The second-order valence-electron chi connectivity index (χ2n) is 7.49. The first-order valence-electron chi connectivity index (χ1n) is 10.7. The summed E-state index contributed by atoms with van der Waals surface area (Å²) in [5.41, 5.74) is 2.03. The van der Waals surface area contributed by atoms with Gasteiger partial charge in [0.1, 0.15) is 24.7 Å². The average molecular weight is 464 g/mol. The van der Waals surface area contributed by atoms with Crippen LogP contribution in [0.5, 0.6) is 11.5 Å². The van der Waals surface area contributed by atoms with Gasteiger partial charge in [-0.1, -0.05) is 30.3 Å². The van der Waals surface area contributed by atoms with Crippen molar-refractivity contribution in [3.63, 3.8) is 0 Å². The summed E-state index contributed by atoms with van der Waals surface area (Å²) in [6.45, 7) is 1.55. The highest BCUT2D eigenvalue weighted by Gasteiger charge is 2.34. The number of fused-ring (bicyclic) bond motifs is 1. The van der Waals surface area contributed by atoms with Gasteiger partial charge in [0.2, 0.25) is 0 Å². The molecule has 4 rings (SSSR count).